The van der Waals surface area contributed by atoms with E-state index in [-0.39, 0.29) is 11.7 Å². The molecule has 0 radical (unpaired) electrons. The van der Waals surface area contributed by atoms with Gasteiger partial charge in [0.25, 0.3) is 5.91 Å². The van der Waals surface area contributed by atoms with E-state index < -0.39 is 15.9 Å². The Kier molecular flexibility index (Phi) is 8.14. The Morgan fingerprint density at radius 1 is 1.17 bits per heavy atom. The van der Waals surface area contributed by atoms with Gasteiger partial charge >= 0.3 is 0 Å². The average Bonchev–Trinajstić information content (AvgIpc) is 3.27. The minimum atomic E-state index is -3.25. The van der Waals surface area contributed by atoms with E-state index in [2.05, 4.69) is 28.5 Å². The topological polar surface area (TPSA) is 112 Å². The Labute approximate surface area is 213 Å². The van der Waals surface area contributed by atoms with Crippen molar-refractivity contribution in [2.24, 2.45) is 5.73 Å². The summed E-state index contributed by atoms with van der Waals surface area (Å²) >= 11 is 0. The summed E-state index contributed by atoms with van der Waals surface area (Å²) < 4.78 is 27.3. The Morgan fingerprint density at radius 2 is 1.92 bits per heavy atom. The third-order valence-corrected chi connectivity index (χ3v) is 8.98. The molecule has 4 N–H and O–H groups in total. The van der Waals surface area contributed by atoms with Crippen LogP contribution in [0.15, 0.2) is 42.6 Å². The lowest BCUT2D eigenvalue weighted by Crippen LogP contribution is -2.39. The second-order valence-corrected chi connectivity index (χ2v) is 12.0. The molecule has 1 amide bonds. The number of primary amides is 1. The number of benzene rings is 2. The van der Waals surface area contributed by atoms with Crippen LogP contribution < -0.4 is 11.1 Å². The van der Waals surface area contributed by atoms with Gasteiger partial charge in [-0.15, -0.1) is 0 Å². The van der Waals surface area contributed by atoms with E-state index >= 15 is 0 Å². The van der Waals surface area contributed by atoms with Gasteiger partial charge in [-0.25, -0.2) is 12.7 Å². The smallest absolute Gasteiger partial charge is 0.250 e. The SMILES string of the molecule is CNCc1cccc(-c2cc(C(N)=O)c3[nH]cc(C4CCN(S(=O)(=O)CCCN(C)C)CC4)c3c2)c1. The number of aromatic nitrogens is 1. The molecule has 9 heteroatoms. The van der Waals surface area contributed by atoms with Gasteiger partial charge in [-0.05, 0) is 93.3 Å². The number of hydrogen-bond acceptors (Lipinski definition) is 5. The molecule has 0 bridgehead atoms. The van der Waals surface area contributed by atoms with Crippen LogP contribution in [0.2, 0.25) is 0 Å². The van der Waals surface area contributed by atoms with Crippen molar-refractivity contribution in [2.45, 2.75) is 31.7 Å². The van der Waals surface area contributed by atoms with E-state index in [4.69, 9.17) is 5.73 Å². The molecule has 3 aromatic rings. The van der Waals surface area contributed by atoms with Gasteiger partial charge in [0, 0.05) is 31.2 Å². The highest BCUT2D eigenvalue weighted by Gasteiger charge is 2.30. The Bertz CT molecular complexity index is 1320. The van der Waals surface area contributed by atoms with E-state index in [1.54, 1.807) is 4.31 Å². The number of amides is 1. The minimum Gasteiger partial charge on any atom is -0.366 e. The molecule has 4 rings (SSSR count). The van der Waals surface area contributed by atoms with Gasteiger partial charge < -0.3 is 20.9 Å². The molecule has 2 aromatic carbocycles. The molecule has 194 valence electrons. The Morgan fingerprint density at radius 3 is 2.58 bits per heavy atom. The highest BCUT2D eigenvalue weighted by Crippen LogP contribution is 2.37. The molecule has 0 atom stereocenters. The largest absolute Gasteiger partial charge is 0.366 e. The number of fused-ring (bicyclic) bond motifs is 1. The van der Waals surface area contributed by atoms with Crippen molar-refractivity contribution >= 4 is 26.8 Å². The fraction of sp³-hybridized carbons (Fsp3) is 0.444. The van der Waals surface area contributed by atoms with Crippen molar-refractivity contribution in [1.82, 2.24) is 19.5 Å². The number of sulfonamides is 1. The van der Waals surface area contributed by atoms with Crippen LogP contribution in [-0.4, -0.2) is 75.0 Å². The van der Waals surface area contributed by atoms with Crippen LogP contribution in [0, 0.1) is 0 Å². The average molecular weight is 512 g/mol. The van der Waals surface area contributed by atoms with Crippen LogP contribution in [0.3, 0.4) is 0 Å². The van der Waals surface area contributed by atoms with Crippen molar-refractivity contribution in [1.29, 1.82) is 0 Å². The second kappa shape index (κ2) is 11.1. The van der Waals surface area contributed by atoms with E-state index in [9.17, 15) is 13.2 Å². The van der Waals surface area contributed by atoms with Crippen molar-refractivity contribution in [3.05, 3.63) is 59.3 Å². The maximum atomic E-state index is 12.8. The standard InChI is InChI=1S/C27H37N5O3S/c1-29-17-19-6-4-7-21(14-19)22-15-23-25(18-30-26(23)24(16-22)27(28)33)20-8-11-32(12-9-20)36(34,35)13-5-10-31(2)3/h4,6-7,14-16,18,20,29-30H,5,8-13,17H2,1-3H3,(H2,28,33). The lowest BCUT2D eigenvalue weighted by Gasteiger charge is -2.31. The summed E-state index contributed by atoms with van der Waals surface area (Å²) in [4.78, 5) is 17.6. The molecule has 1 aliphatic heterocycles. The second-order valence-electron chi connectivity index (χ2n) is 9.93. The number of aromatic amines is 1. The molecule has 1 aromatic heterocycles. The fourth-order valence-electron chi connectivity index (χ4n) is 5.15. The molecule has 1 aliphatic rings. The number of nitrogens with two attached hydrogens (primary N) is 1. The molecule has 0 saturated carbocycles. The molecule has 36 heavy (non-hydrogen) atoms. The summed E-state index contributed by atoms with van der Waals surface area (Å²) in [6.45, 7) is 2.53. The summed E-state index contributed by atoms with van der Waals surface area (Å²) in [6, 6.07) is 12.2. The number of nitrogens with one attached hydrogen (secondary N) is 2. The van der Waals surface area contributed by atoms with Gasteiger partial charge in [-0.1, -0.05) is 18.2 Å². The van der Waals surface area contributed by atoms with Crippen LogP contribution >= 0.6 is 0 Å². The first-order valence-corrected chi connectivity index (χ1v) is 14.1. The van der Waals surface area contributed by atoms with Crippen molar-refractivity contribution in [3.8, 4) is 11.1 Å². The molecule has 1 saturated heterocycles. The molecular formula is C27H37N5O3S. The zero-order chi connectivity index (χ0) is 25.9. The highest BCUT2D eigenvalue weighted by atomic mass is 32.2. The number of carbonyl (C=O) groups excluding carboxylic acids is 1. The number of H-pyrrole nitrogens is 1. The van der Waals surface area contributed by atoms with Gasteiger partial charge in [0.15, 0.2) is 0 Å². The van der Waals surface area contributed by atoms with Crippen LogP contribution in [0.5, 0.6) is 0 Å². The third-order valence-electron chi connectivity index (χ3n) is 7.02. The van der Waals surface area contributed by atoms with E-state index in [1.165, 1.54) is 0 Å². The summed E-state index contributed by atoms with van der Waals surface area (Å²) in [5, 5.41) is 4.15. The molecule has 8 nitrogen and oxygen atoms in total. The maximum Gasteiger partial charge on any atom is 0.250 e. The fourth-order valence-corrected chi connectivity index (χ4v) is 6.67. The van der Waals surface area contributed by atoms with Crippen molar-refractivity contribution in [2.75, 3.05) is 46.5 Å². The normalized spacial score (nSPS) is 15.7. The lowest BCUT2D eigenvalue weighted by molar-refractivity contribution is 0.100. The van der Waals surface area contributed by atoms with Crippen LogP contribution in [0.25, 0.3) is 22.0 Å². The van der Waals surface area contributed by atoms with E-state index in [0.717, 1.165) is 59.1 Å². The number of rotatable bonds is 10. The zero-order valence-corrected chi connectivity index (χ0v) is 22.2. The number of carbonyl (C=O) groups is 1. The van der Waals surface area contributed by atoms with Gasteiger partial charge in [-0.3, -0.25) is 4.79 Å². The van der Waals surface area contributed by atoms with Gasteiger partial charge in [0.1, 0.15) is 0 Å². The first-order valence-electron chi connectivity index (χ1n) is 12.5. The molecule has 2 heterocycles. The molecule has 0 unspecified atom stereocenters. The number of hydrogen-bond donors (Lipinski definition) is 3. The van der Waals surface area contributed by atoms with Gasteiger partial charge in [0.2, 0.25) is 10.0 Å². The summed E-state index contributed by atoms with van der Waals surface area (Å²) in [5.41, 5.74) is 11.2. The summed E-state index contributed by atoms with van der Waals surface area (Å²) in [6.07, 6.45) is 4.08. The molecule has 1 fully saturated rings. The first kappa shape index (κ1) is 26.3. The van der Waals surface area contributed by atoms with E-state index in [1.807, 2.05) is 50.4 Å². The van der Waals surface area contributed by atoms with Crippen LogP contribution in [0.4, 0.5) is 0 Å². The van der Waals surface area contributed by atoms with Crippen LogP contribution in [-0.2, 0) is 16.6 Å². The number of piperidine rings is 1. The quantitative estimate of drug-likeness (QED) is 0.387. The first-order chi connectivity index (χ1) is 17.2. The van der Waals surface area contributed by atoms with E-state index in [0.29, 0.717) is 25.1 Å². The summed E-state index contributed by atoms with van der Waals surface area (Å²) in [7, 11) is 2.57. The summed E-state index contributed by atoms with van der Waals surface area (Å²) in [5.74, 6) is -0.0835. The molecular weight excluding hydrogens is 474 g/mol. The Balaban J connectivity index is 1.60. The monoisotopic (exact) mass is 511 g/mol. The zero-order valence-electron chi connectivity index (χ0n) is 21.4. The number of nitrogens with zero attached hydrogens (tertiary/aromatic N) is 2. The predicted molar refractivity (Wildman–Crippen MR) is 146 cm³/mol. The molecule has 0 aliphatic carbocycles. The lowest BCUT2D eigenvalue weighted by atomic mass is 9.88. The van der Waals surface area contributed by atoms with Crippen molar-refractivity contribution < 1.29 is 13.2 Å². The van der Waals surface area contributed by atoms with Crippen molar-refractivity contribution in [3.63, 3.8) is 0 Å². The predicted octanol–water partition coefficient (Wildman–Crippen LogP) is 3.11. The van der Waals surface area contributed by atoms with Crippen LogP contribution in [0.1, 0.15) is 46.7 Å². The highest BCUT2D eigenvalue weighted by molar-refractivity contribution is 7.89. The molecule has 0 spiro atoms. The maximum absolute atomic E-state index is 12.8. The minimum absolute atomic E-state index is 0.181. The van der Waals surface area contributed by atoms with Gasteiger partial charge in [-0.2, -0.15) is 0 Å². The third kappa shape index (κ3) is 5.81. The van der Waals surface area contributed by atoms with Gasteiger partial charge in [0.05, 0.1) is 16.8 Å². The Hall–Kier alpha value is -2.72.